The summed E-state index contributed by atoms with van der Waals surface area (Å²) in [5, 5.41) is 7.27. The molecule has 3 aromatic carbocycles. The third-order valence-corrected chi connectivity index (χ3v) is 6.23. The Hall–Kier alpha value is -4.34. The van der Waals surface area contributed by atoms with Gasteiger partial charge in [-0.1, -0.05) is 59.6 Å². The molecule has 0 bridgehead atoms. The summed E-state index contributed by atoms with van der Waals surface area (Å²) in [6.45, 7) is 1.90. The Kier molecular flexibility index (Phi) is 8.30. The van der Waals surface area contributed by atoms with Gasteiger partial charge >= 0.3 is 11.8 Å². The van der Waals surface area contributed by atoms with Crippen LogP contribution in [0, 0.1) is 6.92 Å². The summed E-state index contributed by atoms with van der Waals surface area (Å²) in [6.07, 6.45) is 1.36. The molecule has 0 radical (unpaired) electrons. The molecular weight excluding hydrogens is 529 g/mol. The van der Waals surface area contributed by atoms with Gasteiger partial charge in [-0.05, 0) is 48.9 Å². The molecule has 0 unspecified atom stereocenters. The van der Waals surface area contributed by atoms with Crippen molar-refractivity contribution in [1.29, 1.82) is 0 Å². The number of halogens is 2. The summed E-state index contributed by atoms with van der Waals surface area (Å²) >= 11 is 12.1. The Morgan fingerprint density at radius 2 is 1.76 bits per heavy atom. The lowest BCUT2D eigenvalue weighted by molar-refractivity contribution is -0.136. The van der Waals surface area contributed by atoms with Gasteiger partial charge in [-0.3, -0.25) is 19.1 Å². The standard InChI is InChI=1S/C27H23Cl2N5O4/c1-17-24(27(37)34(33(17)2)21-8-4-3-5-9-21)31-25(35)26(36)32-30-15-18-7-6-10-22(13-18)38-16-19-11-12-20(28)14-23(19)29/h3-15H,16H2,1-2H3,(H,31,35)(H,32,36)/b30-15+. The monoisotopic (exact) mass is 551 g/mol. The van der Waals surface area contributed by atoms with Crippen LogP contribution in [0.1, 0.15) is 16.8 Å². The maximum absolute atomic E-state index is 12.9. The van der Waals surface area contributed by atoms with Crippen LogP contribution in [0.15, 0.2) is 82.7 Å². The average molecular weight is 552 g/mol. The lowest BCUT2D eigenvalue weighted by Gasteiger charge is -2.08. The van der Waals surface area contributed by atoms with E-state index in [2.05, 4.69) is 15.8 Å². The molecule has 0 saturated heterocycles. The lowest BCUT2D eigenvalue weighted by atomic mass is 10.2. The highest BCUT2D eigenvalue weighted by atomic mass is 35.5. The second-order valence-corrected chi connectivity index (χ2v) is 9.03. The number of amides is 2. The molecule has 194 valence electrons. The van der Waals surface area contributed by atoms with Crippen LogP contribution in [0.5, 0.6) is 5.75 Å². The van der Waals surface area contributed by atoms with Crippen molar-refractivity contribution < 1.29 is 14.3 Å². The van der Waals surface area contributed by atoms with Crippen LogP contribution in [-0.2, 0) is 23.2 Å². The number of ether oxygens (including phenoxy) is 1. The molecule has 2 N–H and O–H groups in total. The molecule has 11 heteroatoms. The van der Waals surface area contributed by atoms with Gasteiger partial charge in [-0.2, -0.15) is 5.10 Å². The van der Waals surface area contributed by atoms with Crippen LogP contribution < -0.4 is 21.0 Å². The van der Waals surface area contributed by atoms with E-state index in [0.717, 1.165) is 5.56 Å². The van der Waals surface area contributed by atoms with E-state index >= 15 is 0 Å². The number of carbonyl (C=O) groups excluding carboxylic acids is 2. The van der Waals surface area contributed by atoms with Gasteiger partial charge in [-0.25, -0.2) is 10.1 Å². The second-order valence-electron chi connectivity index (χ2n) is 8.19. The van der Waals surface area contributed by atoms with E-state index in [9.17, 15) is 14.4 Å². The quantitative estimate of drug-likeness (QED) is 0.201. The van der Waals surface area contributed by atoms with Gasteiger partial charge < -0.3 is 10.1 Å². The Balaban J connectivity index is 1.37. The van der Waals surface area contributed by atoms with Crippen LogP contribution in [0.4, 0.5) is 5.69 Å². The van der Waals surface area contributed by atoms with Crippen molar-refractivity contribution in [2.75, 3.05) is 5.32 Å². The maximum Gasteiger partial charge on any atom is 0.329 e. The van der Waals surface area contributed by atoms with Crippen LogP contribution in [0.3, 0.4) is 0 Å². The summed E-state index contributed by atoms with van der Waals surface area (Å²) in [5.41, 5.74) is 4.22. The highest BCUT2D eigenvalue weighted by Crippen LogP contribution is 2.23. The molecule has 4 rings (SSSR count). The van der Waals surface area contributed by atoms with Crippen molar-refractivity contribution in [2.24, 2.45) is 12.1 Å². The molecule has 0 aliphatic heterocycles. The molecule has 9 nitrogen and oxygen atoms in total. The molecule has 0 fully saturated rings. The van der Waals surface area contributed by atoms with Gasteiger partial charge in [0, 0.05) is 22.7 Å². The Labute approximate surface area is 228 Å². The first-order valence-corrected chi connectivity index (χ1v) is 12.2. The fourth-order valence-corrected chi connectivity index (χ4v) is 4.05. The van der Waals surface area contributed by atoms with Crippen molar-refractivity contribution in [3.05, 3.63) is 110 Å². The van der Waals surface area contributed by atoms with Gasteiger partial charge in [-0.15, -0.1) is 0 Å². The van der Waals surface area contributed by atoms with E-state index in [4.69, 9.17) is 27.9 Å². The summed E-state index contributed by atoms with van der Waals surface area (Å²) in [7, 11) is 1.69. The predicted octanol–water partition coefficient (Wildman–Crippen LogP) is 4.46. The van der Waals surface area contributed by atoms with Crippen LogP contribution in [0.2, 0.25) is 10.0 Å². The summed E-state index contributed by atoms with van der Waals surface area (Å²) in [5.74, 6) is -1.50. The van der Waals surface area contributed by atoms with Crippen molar-refractivity contribution in [3.8, 4) is 11.4 Å². The molecule has 4 aromatic rings. The number of hydrazone groups is 1. The number of nitrogens with one attached hydrogen (secondary N) is 2. The van der Waals surface area contributed by atoms with Crippen LogP contribution >= 0.6 is 23.2 Å². The number of hydrogen-bond acceptors (Lipinski definition) is 5. The summed E-state index contributed by atoms with van der Waals surface area (Å²) in [6, 6.07) is 21.1. The number of aromatic nitrogens is 2. The molecule has 1 aromatic heterocycles. The first-order valence-electron chi connectivity index (χ1n) is 11.4. The smallest absolute Gasteiger partial charge is 0.329 e. The van der Waals surface area contributed by atoms with Crippen LogP contribution in [0.25, 0.3) is 5.69 Å². The minimum Gasteiger partial charge on any atom is -0.489 e. The third-order valence-electron chi connectivity index (χ3n) is 5.65. The lowest BCUT2D eigenvalue weighted by Crippen LogP contribution is -2.34. The SMILES string of the molecule is Cc1c(NC(=O)C(=O)N/N=C/c2cccc(OCc3ccc(Cl)cc3Cl)c2)c(=O)n(-c2ccccc2)n1C. The molecule has 38 heavy (non-hydrogen) atoms. The highest BCUT2D eigenvalue weighted by Gasteiger charge is 2.21. The average Bonchev–Trinajstić information content (AvgIpc) is 3.11. The van der Waals surface area contributed by atoms with Gasteiger partial charge in [0.1, 0.15) is 18.0 Å². The fraction of sp³-hybridized carbons (Fsp3) is 0.111. The second kappa shape index (κ2) is 11.8. The van der Waals surface area contributed by atoms with Crippen molar-refractivity contribution in [3.63, 3.8) is 0 Å². The molecule has 0 aliphatic rings. The fourth-order valence-electron chi connectivity index (χ4n) is 3.58. The first kappa shape index (κ1) is 26.7. The zero-order chi connectivity index (χ0) is 27.2. The zero-order valence-electron chi connectivity index (χ0n) is 20.4. The van der Waals surface area contributed by atoms with E-state index in [1.54, 1.807) is 85.4 Å². The maximum atomic E-state index is 12.9. The largest absolute Gasteiger partial charge is 0.489 e. The van der Waals surface area contributed by atoms with Crippen molar-refractivity contribution in [2.45, 2.75) is 13.5 Å². The summed E-state index contributed by atoms with van der Waals surface area (Å²) in [4.78, 5) is 37.7. The number of para-hydroxylation sites is 1. The Morgan fingerprint density at radius 1 is 1.00 bits per heavy atom. The van der Waals surface area contributed by atoms with Gasteiger partial charge in [0.05, 0.1) is 17.6 Å². The minimum absolute atomic E-state index is 0.00567. The molecule has 0 spiro atoms. The Bertz CT molecular complexity index is 1580. The topological polar surface area (TPSA) is 107 Å². The molecule has 1 heterocycles. The molecule has 2 amide bonds. The van der Waals surface area contributed by atoms with Crippen molar-refractivity contribution >= 4 is 46.9 Å². The molecule has 0 aliphatic carbocycles. The number of rotatable bonds is 7. The van der Waals surface area contributed by atoms with Gasteiger partial charge in [0.15, 0.2) is 0 Å². The minimum atomic E-state index is -1.03. The highest BCUT2D eigenvalue weighted by molar-refractivity contribution is 6.39. The van der Waals surface area contributed by atoms with Gasteiger partial charge in [0.2, 0.25) is 0 Å². The van der Waals surface area contributed by atoms with Crippen LogP contribution in [-0.4, -0.2) is 27.4 Å². The predicted molar refractivity (Wildman–Crippen MR) is 147 cm³/mol. The van der Waals surface area contributed by atoms with Gasteiger partial charge in [0.25, 0.3) is 5.56 Å². The van der Waals surface area contributed by atoms with E-state index < -0.39 is 17.4 Å². The third kappa shape index (κ3) is 6.13. The first-order chi connectivity index (χ1) is 18.2. The van der Waals surface area contributed by atoms with Crippen molar-refractivity contribution in [1.82, 2.24) is 14.8 Å². The summed E-state index contributed by atoms with van der Waals surface area (Å²) < 4.78 is 8.77. The number of hydrogen-bond donors (Lipinski definition) is 2. The van der Waals surface area contributed by atoms with E-state index in [-0.39, 0.29) is 12.3 Å². The number of benzene rings is 3. The molecule has 0 saturated carbocycles. The normalized spacial score (nSPS) is 10.9. The number of nitrogens with zero attached hydrogens (tertiary/aromatic N) is 3. The molecular formula is C27H23Cl2N5O4. The number of carbonyl (C=O) groups is 2. The van der Waals surface area contributed by atoms with E-state index in [1.165, 1.54) is 10.9 Å². The number of anilines is 1. The van der Waals surface area contributed by atoms with E-state index in [1.807, 2.05) is 6.07 Å². The molecule has 0 atom stereocenters. The zero-order valence-corrected chi connectivity index (χ0v) is 22.0. The van der Waals surface area contributed by atoms with E-state index in [0.29, 0.717) is 32.7 Å². The Morgan fingerprint density at radius 3 is 2.50 bits per heavy atom.